The lowest BCUT2D eigenvalue weighted by Crippen LogP contribution is -2.16. The number of benzene rings is 2. The van der Waals surface area contributed by atoms with Crippen LogP contribution in [-0.2, 0) is 15.5 Å². The first-order chi connectivity index (χ1) is 11.0. The molecule has 1 aliphatic rings. The van der Waals surface area contributed by atoms with Crippen molar-refractivity contribution in [3.05, 3.63) is 59.2 Å². The molecular formula is C18H19O4P. The molecule has 4 nitrogen and oxygen atoms in total. The number of carbonyl (C=O) groups excluding carboxylic acids is 1. The summed E-state index contributed by atoms with van der Waals surface area (Å²) in [5, 5.41) is 0.532. The van der Waals surface area contributed by atoms with Crippen LogP contribution in [0.1, 0.15) is 34.8 Å². The van der Waals surface area contributed by atoms with Gasteiger partial charge in [0.25, 0.3) is 0 Å². The van der Waals surface area contributed by atoms with E-state index < -0.39 is 7.60 Å². The Kier molecular flexibility index (Phi) is 4.38. The minimum Gasteiger partial charge on any atom is -0.420 e. The van der Waals surface area contributed by atoms with Crippen molar-refractivity contribution in [3.8, 4) is 5.75 Å². The van der Waals surface area contributed by atoms with E-state index in [1.54, 1.807) is 25.1 Å². The molecule has 0 aliphatic heterocycles. The molecule has 0 amide bonds. The molecule has 0 fully saturated rings. The van der Waals surface area contributed by atoms with Gasteiger partial charge in [0.2, 0.25) is 0 Å². The van der Waals surface area contributed by atoms with Gasteiger partial charge in [0, 0.05) is 6.42 Å². The van der Waals surface area contributed by atoms with Gasteiger partial charge < -0.3 is 4.52 Å². The molecule has 2 aromatic carbocycles. The van der Waals surface area contributed by atoms with E-state index in [2.05, 4.69) is 0 Å². The second-order valence-corrected chi connectivity index (χ2v) is 7.42. The van der Waals surface area contributed by atoms with Crippen molar-refractivity contribution in [2.45, 2.75) is 26.7 Å². The lowest BCUT2D eigenvalue weighted by Gasteiger charge is -2.21. The first-order valence-corrected chi connectivity index (χ1v) is 9.25. The molecule has 0 bridgehead atoms. The highest BCUT2D eigenvalue weighted by Gasteiger charge is 2.33. The lowest BCUT2D eigenvalue weighted by atomic mass is 10.1. The molecule has 0 aromatic heterocycles. The van der Waals surface area contributed by atoms with Crippen LogP contribution in [0.3, 0.4) is 0 Å². The van der Waals surface area contributed by atoms with Gasteiger partial charge in [-0.05, 0) is 43.5 Å². The Morgan fingerprint density at radius 3 is 2.61 bits per heavy atom. The van der Waals surface area contributed by atoms with E-state index in [1.165, 1.54) is 0 Å². The van der Waals surface area contributed by atoms with Crippen LogP contribution in [0.2, 0.25) is 0 Å². The van der Waals surface area contributed by atoms with Crippen molar-refractivity contribution in [1.29, 1.82) is 0 Å². The van der Waals surface area contributed by atoms with Crippen LogP contribution in [0.5, 0.6) is 5.75 Å². The number of fused-ring (bicyclic) bond motifs is 1. The Morgan fingerprint density at radius 1 is 1.09 bits per heavy atom. The maximum atomic E-state index is 13.4. The molecule has 120 valence electrons. The van der Waals surface area contributed by atoms with Crippen LogP contribution in [0.15, 0.2) is 42.5 Å². The molecule has 5 heteroatoms. The number of hydrogen-bond donors (Lipinski definition) is 0. The Balaban J connectivity index is 2.06. The SMILES string of the molecule is CCOP(=O)(Oc1cccc2c1C(=O)CC2)c1ccccc1C. The summed E-state index contributed by atoms with van der Waals surface area (Å²) in [7, 11) is -3.54. The van der Waals surface area contributed by atoms with Gasteiger partial charge in [0.1, 0.15) is 5.75 Å². The molecule has 0 saturated heterocycles. The molecule has 1 atom stereocenters. The zero-order chi connectivity index (χ0) is 16.4. The second-order valence-electron chi connectivity index (χ2n) is 5.51. The van der Waals surface area contributed by atoms with Gasteiger partial charge in [-0.3, -0.25) is 9.32 Å². The molecule has 23 heavy (non-hydrogen) atoms. The minimum absolute atomic E-state index is 0.0310. The fourth-order valence-electron chi connectivity index (χ4n) is 2.87. The van der Waals surface area contributed by atoms with Gasteiger partial charge in [-0.25, -0.2) is 4.57 Å². The van der Waals surface area contributed by atoms with Crippen molar-refractivity contribution >= 4 is 18.7 Å². The molecule has 0 radical (unpaired) electrons. The molecule has 1 aliphatic carbocycles. The zero-order valence-corrected chi connectivity index (χ0v) is 14.1. The third-order valence-corrected chi connectivity index (χ3v) is 6.07. The van der Waals surface area contributed by atoms with Crippen molar-refractivity contribution in [1.82, 2.24) is 0 Å². The highest BCUT2D eigenvalue weighted by molar-refractivity contribution is 7.62. The second kappa shape index (κ2) is 6.31. The van der Waals surface area contributed by atoms with Crippen molar-refractivity contribution < 1.29 is 18.4 Å². The minimum atomic E-state index is -3.54. The van der Waals surface area contributed by atoms with Crippen LogP contribution in [0.25, 0.3) is 0 Å². The van der Waals surface area contributed by atoms with Crippen LogP contribution in [0.4, 0.5) is 0 Å². The molecule has 3 rings (SSSR count). The number of rotatable bonds is 5. The van der Waals surface area contributed by atoms with Crippen molar-refractivity contribution in [2.75, 3.05) is 6.61 Å². The fraction of sp³-hybridized carbons (Fsp3) is 0.278. The molecule has 2 aromatic rings. The maximum absolute atomic E-state index is 13.4. The van der Waals surface area contributed by atoms with E-state index in [4.69, 9.17) is 9.05 Å². The average Bonchev–Trinajstić information content (AvgIpc) is 2.90. The summed E-state index contributed by atoms with van der Waals surface area (Å²) in [5.41, 5.74) is 2.32. The van der Waals surface area contributed by atoms with E-state index in [-0.39, 0.29) is 12.4 Å². The molecule has 0 saturated carbocycles. The Hall–Kier alpha value is -1.90. The first-order valence-electron chi connectivity index (χ1n) is 7.70. The van der Waals surface area contributed by atoms with E-state index in [1.807, 2.05) is 31.2 Å². The zero-order valence-electron chi connectivity index (χ0n) is 13.2. The van der Waals surface area contributed by atoms with Crippen LogP contribution in [-0.4, -0.2) is 12.4 Å². The van der Waals surface area contributed by atoms with Gasteiger partial charge in [-0.15, -0.1) is 0 Å². The number of hydrogen-bond acceptors (Lipinski definition) is 4. The van der Waals surface area contributed by atoms with Crippen LogP contribution < -0.4 is 9.83 Å². The van der Waals surface area contributed by atoms with E-state index in [0.717, 1.165) is 11.1 Å². The number of ketones is 1. The molecular weight excluding hydrogens is 311 g/mol. The average molecular weight is 330 g/mol. The summed E-state index contributed by atoms with van der Waals surface area (Å²) in [6.07, 6.45) is 1.17. The fourth-order valence-corrected chi connectivity index (χ4v) is 4.68. The molecule has 0 spiro atoms. The quantitative estimate of drug-likeness (QED) is 0.776. The van der Waals surface area contributed by atoms with Crippen molar-refractivity contribution in [2.24, 2.45) is 0 Å². The first kappa shape index (κ1) is 16.0. The highest BCUT2D eigenvalue weighted by atomic mass is 31.2. The van der Waals surface area contributed by atoms with Gasteiger partial charge in [0.05, 0.1) is 17.5 Å². The van der Waals surface area contributed by atoms with Gasteiger partial charge >= 0.3 is 7.60 Å². The number of Topliss-reactive ketones (excluding diaryl/α,β-unsaturated/α-hetero) is 1. The molecule has 0 N–H and O–H groups in total. The summed E-state index contributed by atoms with van der Waals surface area (Å²) in [6.45, 7) is 3.90. The smallest absolute Gasteiger partial charge is 0.411 e. The standard InChI is InChI=1S/C18H19O4P/c1-3-21-23(20,17-10-5-4-7-13(17)2)22-16-9-6-8-14-11-12-15(19)18(14)16/h4-10H,3,11-12H2,1-2H3. The van der Waals surface area contributed by atoms with E-state index in [0.29, 0.717) is 29.5 Å². The van der Waals surface area contributed by atoms with Gasteiger partial charge in [0.15, 0.2) is 5.78 Å². The maximum Gasteiger partial charge on any atom is 0.411 e. The van der Waals surface area contributed by atoms with E-state index in [9.17, 15) is 9.36 Å². The molecule has 1 unspecified atom stereocenters. The predicted molar refractivity (Wildman–Crippen MR) is 89.8 cm³/mol. The monoisotopic (exact) mass is 330 g/mol. The Bertz CT molecular complexity index is 797. The molecule has 0 heterocycles. The van der Waals surface area contributed by atoms with Gasteiger partial charge in [-0.1, -0.05) is 30.3 Å². The van der Waals surface area contributed by atoms with E-state index >= 15 is 0 Å². The predicted octanol–water partition coefficient (Wildman–Crippen LogP) is 4.06. The summed E-state index contributed by atoms with van der Waals surface area (Å²) in [5.74, 6) is 0.383. The van der Waals surface area contributed by atoms with Crippen LogP contribution >= 0.6 is 7.60 Å². The van der Waals surface area contributed by atoms with Crippen molar-refractivity contribution in [3.63, 3.8) is 0 Å². The summed E-state index contributed by atoms with van der Waals surface area (Å²) < 4.78 is 24.7. The lowest BCUT2D eigenvalue weighted by molar-refractivity contribution is 0.0993. The van der Waals surface area contributed by atoms with Gasteiger partial charge in [-0.2, -0.15) is 0 Å². The summed E-state index contributed by atoms with van der Waals surface area (Å²) >= 11 is 0. The normalized spacial score (nSPS) is 16.0. The number of carbonyl (C=O) groups is 1. The number of aryl methyl sites for hydroxylation is 2. The summed E-state index contributed by atoms with van der Waals surface area (Å²) in [6, 6.07) is 12.7. The third-order valence-electron chi connectivity index (χ3n) is 3.94. The Morgan fingerprint density at radius 2 is 1.87 bits per heavy atom. The van der Waals surface area contributed by atoms with Crippen LogP contribution in [0, 0.1) is 6.92 Å². The highest BCUT2D eigenvalue weighted by Crippen LogP contribution is 2.49. The summed E-state index contributed by atoms with van der Waals surface area (Å²) in [4.78, 5) is 12.1. The Labute approximate surface area is 136 Å². The largest absolute Gasteiger partial charge is 0.420 e. The third kappa shape index (κ3) is 2.97. The topological polar surface area (TPSA) is 52.6 Å².